The Morgan fingerprint density at radius 2 is 1.86 bits per heavy atom. The van der Waals surface area contributed by atoms with E-state index in [0.29, 0.717) is 23.5 Å². The molecule has 0 bridgehead atoms. The van der Waals surface area contributed by atoms with Crippen LogP contribution in [0.25, 0.3) is 0 Å². The van der Waals surface area contributed by atoms with Gasteiger partial charge in [0.2, 0.25) is 0 Å². The lowest BCUT2D eigenvalue weighted by Gasteiger charge is -2.55. The van der Waals surface area contributed by atoms with Crippen LogP contribution in [-0.4, -0.2) is 11.6 Å². The van der Waals surface area contributed by atoms with Crippen molar-refractivity contribution in [3.8, 4) is 0 Å². The number of carbonyl (C=O) groups excluding carboxylic acids is 2. The number of Topliss-reactive ketones (excluding diaryl/α,β-unsaturated/α-hetero) is 1. The number of rotatable bonds is 0. The molecular weight excluding hydrogens is 260 g/mol. The van der Waals surface area contributed by atoms with E-state index in [9.17, 15) is 9.59 Å². The van der Waals surface area contributed by atoms with E-state index >= 15 is 0 Å². The van der Waals surface area contributed by atoms with E-state index in [0.717, 1.165) is 32.1 Å². The van der Waals surface area contributed by atoms with Gasteiger partial charge in [-0.1, -0.05) is 25.5 Å². The minimum absolute atomic E-state index is 0.0487. The summed E-state index contributed by atoms with van der Waals surface area (Å²) in [7, 11) is 0. The van der Waals surface area contributed by atoms with Gasteiger partial charge in [-0.25, -0.2) is 0 Å². The summed E-state index contributed by atoms with van der Waals surface area (Å²) in [4.78, 5) is 24.0. The van der Waals surface area contributed by atoms with Crippen LogP contribution >= 0.6 is 0 Å². The fraction of sp³-hybridized carbons (Fsp3) is 0.684. The lowest BCUT2D eigenvalue weighted by Crippen LogP contribution is -2.49. The van der Waals surface area contributed by atoms with Crippen LogP contribution in [0.2, 0.25) is 0 Å². The van der Waals surface area contributed by atoms with Crippen molar-refractivity contribution in [1.29, 1.82) is 0 Å². The Hall–Kier alpha value is -1.18. The molecule has 2 heteroatoms. The van der Waals surface area contributed by atoms with Gasteiger partial charge in [-0.3, -0.25) is 9.59 Å². The molecule has 4 aliphatic carbocycles. The first kappa shape index (κ1) is 13.5. The molecule has 21 heavy (non-hydrogen) atoms. The Kier molecular flexibility index (Phi) is 2.68. The molecule has 0 saturated heterocycles. The number of ketones is 2. The molecule has 1 unspecified atom stereocenters. The molecule has 0 amide bonds. The number of carbonyl (C=O) groups is 2. The molecule has 3 fully saturated rings. The van der Waals surface area contributed by atoms with Crippen molar-refractivity contribution < 1.29 is 9.59 Å². The van der Waals surface area contributed by atoms with Crippen LogP contribution in [0.4, 0.5) is 0 Å². The minimum atomic E-state index is -0.0487. The average Bonchev–Trinajstić information content (AvgIpc) is 2.76. The summed E-state index contributed by atoms with van der Waals surface area (Å²) in [6.07, 6.45) is 12.1. The molecule has 5 atom stereocenters. The Balaban J connectivity index is 1.72. The highest BCUT2D eigenvalue weighted by atomic mass is 16.1. The molecule has 0 radical (unpaired) electrons. The Bertz CT molecular complexity index is 584. The van der Waals surface area contributed by atoms with Crippen LogP contribution in [0.5, 0.6) is 0 Å². The number of hydrogen-bond acceptors (Lipinski definition) is 2. The van der Waals surface area contributed by atoms with Crippen molar-refractivity contribution in [2.45, 2.75) is 52.4 Å². The van der Waals surface area contributed by atoms with Gasteiger partial charge in [0.25, 0.3) is 0 Å². The maximum Gasteiger partial charge on any atom is 0.178 e. The fourth-order valence-electron chi connectivity index (χ4n) is 5.97. The normalized spacial score (nSPS) is 48.5. The van der Waals surface area contributed by atoms with Crippen LogP contribution in [0.1, 0.15) is 52.4 Å². The zero-order chi connectivity index (χ0) is 14.8. The second-order valence-electron chi connectivity index (χ2n) is 8.02. The molecule has 0 aromatic heterocycles. The fourth-order valence-corrected chi connectivity index (χ4v) is 5.97. The number of allylic oxidation sites excluding steroid dienone is 4. The van der Waals surface area contributed by atoms with Gasteiger partial charge >= 0.3 is 0 Å². The molecule has 0 aromatic rings. The van der Waals surface area contributed by atoms with Crippen LogP contribution in [0.15, 0.2) is 23.8 Å². The summed E-state index contributed by atoms with van der Waals surface area (Å²) in [5, 5.41) is 0. The predicted octanol–water partition coefficient (Wildman–Crippen LogP) is 3.86. The molecule has 0 spiro atoms. The summed E-state index contributed by atoms with van der Waals surface area (Å²) in [5.41, 5.74) is 1.35. The molecule has 0 N–H and O–H groups in total. The lowest BCUT2D eigenvalue weighted by atomic mass is 9.48. The molecule has 4 rings (SSSR count). The zero-order valence-corrected chi connectivity index (χ0v) is 13.0. The van der Waals surface area contributed by atoms with Crippen LogP contribution in [-0.2, 0) is 9.59 Å². The van der Waals surface area contributed by atoms with Crippen molar-refractivity contribution in [2.75, 3.05) is 0 Å². The highest BCUT2D eigenvalue weighted by molar-refractivity contribution is 6.01. The van der Waals surface area contributed by atoms with E-state index in [1.54, 1.807) is 6.08 Å². The molecule has 3 saturated carbocycles. The third-order valence-corrected chi connectivity index (χ3v) is 7.27. The summed E-state index contributed by atoms with van der Waals surface area (Å²) in [6.45, 7) is 4.54. The minimum Gasteiger partial charge on any atom is -0.299 e. The van der Waals surface area contributed by atoms with Gasteiger partial charge in [0.15, 0.2) is 5.78 Å². The van der Waals surface area contributed by atoms with Crippen molar-refractivity contribution >= 4 is 11.6 Å². The van der Waals surface area contributed by atoms with Crippen LogP contribution < -0.4 is 0 Å². The summed E-state index contributed by atoms with van der Waals surface area (Å²) in [5.74, 6) is 2.51. The van der Waals surface area contributed by atoms with Gasteiger partial charge in [0, 0.05) is 17.3 Å². The maximum atomic E-state index is 12.3. The van der Waals surface area contributed by atoms with Crippen molar-refractivity contribution in [1.82, 2.24) is 0 Å². The molecule has 4 aliphatic rings. The highest BCUT2D eigenvalue weighted by Gasteiger charge is 2.58. The van der Waals surface area contributed by atoms with E-state index in [1.807, 2.05) is 6.08 Å². The lowest BCUT2D eigenvalue weighted by molar-refractivity contribution is -0.131. The van der Waals surface area contributed by atoms with Gasteiger partial charge in [-0.05, 0) is 62.0 Å². The third kappa shape index (κ3) is 1.65. The third-order valence-electron chi connectivity index (χ3n) is 7.27. The number of fused-ring (bicyclic) bond motifs is 5. The first-order chi connectivity index (χ1) is 9.95. The van der Waals surface area contributed by atoms with Gasteiger partial charge in [0.05, 0.1) is 0 Å². The topological polar surface area (TPSA) is 34.1 Å². The van der Waals surface area contributed by atoms with Crippen molar-refractivity contribution in [3.63, 3.8) is 0 Å². The molecule has 0 heterocycles. The Morgan fingerprint density at radius 3 is 2.67 bits per heavy atom. The quantitative estimate of drug-likeness (QED) is 0.677. The second-order valence-corrected chi connectivity index (χ2v) is 8.02. The number of hydrogen-bond donors (Lipinski definition) is 0. The summed E-state index contributed by atoms with van der Waals surface area (Å²) >= 11 is 0. The van der Waals surface area contributed by atoms with Crippen molar-refractivity contribution in [2.24, 2.45) is 28.6 Å². The zero-order valence-electron chi connectivity index (χ0n) is 13.0. The molecular formula is C19H24O2. The van der Waals surface area contributed by atoms with Crippen molar-refractivity contribution in [3.05, 3.63) is 23.8 Å². The largest absolute Gasteiger partial charge is 0.299 e. The van der Waals surface area contributed by atoms with Gasteiger partial charge in [0.1, 0.15) is 5.78 Å². The smallest absolute Gasteiger partial charge is 0.178 e. The molecule has 0 aromatic carbocycles. The van der Waals surface area contributed by atoms with Crippen LogP contribution in [0.3, 0.4) is 0 Å². The molecule has 2 nitrogen and oxygen atoms in total. The van der Waals surface area contributed by atoms with E-state index in [1.165, 1.54) is 12.0 Å². The second kappa shape index (κ2) is 4.18. The highest BCUT2D eigenvalue weighted by Crippen LogP contribution is 2.63. The summed E-state index contributed by atoms with van der Waals surface area (Å²) < 4.78 is 0. The Morgan fingerprint density at radius 1 is 1.05 bits per heavy atom. The van der Waals surface area contributed by atoms with E-state index in [4.69, 9.17) is 0 Å². The Labute approximate surface area is 126 Å². The standard InChI is InChI=1S/C19H24O2/c1-18-9-7-13(20)11-12(18)3-4-14-15-5-6-17(21)19(15,2)10-8-16(14)18/h7,9,11,14-16H,3-6,8,10H2,1-2H3/t14-,15-,16-,18?,19-/m0/s1. The van der Waals surface area contributed by atoms with Gasteiger partial charge < -0.3 is 0 Å². The SMILES string of the molecule is CC12C=CC(=O)C=C1CC[C@@H]1[C@@H]2CC[C@]2(C)C(=O)CC[C@@H]12. The monoisotopic (exact) mass is 284 g/mol. The first-order valence-corrected chi connectivity index (χ1v) is 8.43. The molecule has 0 aliphatic heterocycles. The summed E-state index contributed by atoms with van der Waals surface area (Å²) in [6, 6.07) is 0. The van der Waals surface area contributed by atoms with E-state index in [2.05, 4.69) is 19.9 Å². The molecule has 112 valence electrons. The van der Waals surface area contributed by atoms with E-state index < -0.39 is 0 Å². The van der Waals surface area contributed by atoms with Gasteiger partial charge in [-0.15, -0.1) is 0 Å². The van der Waals surface area contributed by atoms with Gasteiger partial charge in [-0.2, -0.15) is 0 Å². The van der Waals surface area contributed by atoms with E-state index in [-0.39, 0.29) is 16.6 Å². The average molecular weight is 284 g/mol. The maximum absolute atomic E-state index is 12.3. The predicted molar refractivity (Wildman–Crippen MR) is 81.6 cm³/mol. The van der Waals surface area contributed by atoms with Crippen LogP contribution in [0, 0.1) is 28.6 Å². The first-order valence-electron chi connectivity index (χ1n) is 8.43.